The molecule has 0 spiro atoms. The van der Waals surface area contributed by atoms with Gasteiger partial charge < -0.3 is 19.9 Å². The SMILES string of the molecule is O=C(NCCOc1ccccc1)N1CCCN(C(=O)C(F)(F)F)CC1. The molecule has 1 aliphatic rings. The molecule has 138 valence electrons. The van der Waals surface area contributed by atoms with Crippen LogP contribution in [0.4, 0.5) is 18.0 Å². The van der Waals surface area contributed by atoms with Crippen molar-refractivity contribution >= 4 is 11.9 Å². The van der Waals surface area contributed by atoms with Gasteiger partial charge in [0.05, 0.1) is 6.54 Å². The van der Waals surface area contributed by atoms with Crippen LogP contribution in [0, 0.1) is 0 Å². The predicted octanol–water partition coefficient (Wildman–Crippen LogP) is 1.87. The molecule has 3 amide bonds. The van der Waals surface area contributed by atoms with Gasteiger partial charge in [-0.05, 0) is 18.6 Å². The van der Waals surface area contributed by atoms with Crippen LogP contribution in [0.3, 0.4) is 0 Å². The number of rotatable bonds is 4. The van der Waals surface area contributed by atoms with Gasteiger partial charge in [-0.1, -0.05) is 18.2 Å². The monoisotopic (exact) mass is 359 g/mol. The third-order valence-corrected chi connectivity index (χ3v) is 3.70. The Bertz CT molecular complexity index is 581. The van der Waals surface area contributed by atoms with E-state index in [4.69, 9.17) is 4.74 Å². The van der Waals surface area contributed by atoms with E-state index in [0.717, 1.165) is 4.90 Å². The Morgan fingerprint density at radius 1 is 1.04 bits per heavy atom. The Labute approximate surface area is 143 Å². The molecule has 0 bridgehead atoms. The lowest BCUT2D eigenvalue weighted by Gasteiger charge is -2.23. The van der Waals surface area contributed by atoms with Crippen molar-refractivity contribution in [3.63, 3.8) is 0 Å². The summed E-state index contributed by atoms with van der Waals surface area (Å²) in [6.45, 7) is 0.767. The molecule has 25 heavy (non-hydrogen) atoms. The molecule has 1 aliphatic heterocycles. The van der Waals surface area contributed by atoms with Gasteiger partial charge in [0.2, 0.25) is 0 Å². The van der Waals surface area contributed by atoms with Gasteiger partial charge >= 0.3 is 18.1 Å². The van der Waals surface area contributed by atoms with E-state index < -0.39 is 12.1 Å². The van der Waals surface area contributed by atoms with Crippen molar-refractivity contribution in [1.29, 1.82) is 0 Å². The van der Waals surface area contributed by atoms with Crippen molar-refractivity contribution in [3.8, 4) is 5.75 Å². The second-order valence-electron chi connectivity index (χ2n) is 5.52. The molecule has 1 fully saturated rings. The molecule has 0 radical (unpaired) electrons. The van der Waals surface area contributed by atoms with Crippen LogP contribution in [-0.4, -0.2) is 67.2 Å². The summed E-state index contributed by atoms with van der Waals surface area (Å²) in [5.41, 5.74) is 0. The van der Waals surface area contributed by atoms with E-state index in [1.807, 2.05) is 18.2 Å². The van der Waals surface area contributed by atoms with Gasteiger partial charge in [-0.25, -0.2) is 4.79 Å². The maximum absolute atomic E-state index is 12.5. The van der Waals surface area contributed by atoms with Crippen molar-refractivity contribution in [3.05, 3.63) is 30.3 Å². The molecule has 1 saturated heterocycles. The number of nitrogens with zero attached hydrogens (tertiary/aromatic N) is 2. The molecule has 0 atom stereocenters. The Morgan fingerprint density at radius 2 is 1.68 bits per heavy atom. The highest BCUT2D eigenvalue weighted by Gasteiger charge is 2.42. The Kier molecular flexibility index (Phi) is 6.49. The molecule has 1 aromatic carbocycles. The van der Waals surface area contributed by atoms with Crippen LogP contribution in [0.5, 0.6) is 5.75 Å². The summed E-state index contributed by atoms with van der Waals surface area (Å²) in [6, 6.07) is 8.74. The van der Waals surface area contributed by atoms with E-state index in [9.17, 15) is 22.8 Å². The maximum Gasteiger partial charge on any atom is 0.471 e. The van der Waals surface area contributed by atoms with Crippen molar-refractivity contribution in [2.75, 3.05) is 39.3 Å². The second kappa shape index (κ2) is 8.59. The largest absolute Gasteiger partial charge is 0.492 e. The molecule has 0 unspecified atom stereocenters. The van der Waals surface area contributed by atoms with Gasteiger partial charge in [-0.15, -0.1) is 0 Å². The fraction of sp³-hybridized carbons (Fsp3) is 0.500. The summed E-state index contributed by atoms with van der Waals surface area (Å²) in [4.78, 5) is 25.5. The number of para-hydroxylation sites is 1. The number of amides is 3. The normalized spacial score (nSPS) is 15.5. The number of carbonyl (C=O) groups is 2. The number of halogens is 3. The van der Waals surface area contributed by atoms with Crippen molar-refractivity contribution in [1.82, 2.24) is 15.1 Å². The average Bonchev–Trinajstić information content (AvgIpc) is 2.84. The number of alkyl halides is 3. The van der Waals surface area contributed by atoms with Crippen LogP contribution in [0.2, 0.25) is 0 Å². The molecule has 0 aromatic heterocycles. The lowest BCUT2D eigenvalue weighted by Crippen LogP contribution is -2.45. The first-order chi connectivity index (χ1) is 11.9. The number of urea groups is 1. The van der Waals surface area contributed by atoms with Crippen LogP contribution < -0.4 is 10.1 Å². The van der Waals surface area contributed by atoms with E-state index in [0.29, 0.717) is 18.7 Å². The van der Waals surface area contributed by atoms with Crippen LogP contribution in [-0.2, 0) is 4.79 Å². The predicted molar refractivity (Wildman–Crippen MR) is 84.2 cm³/mol. The van der Waals surface area contributed by atoms with E-state index >= 15 is 0 Å². The lowest BCUT2D eigenvalue weighted by molar-refractivity contribution is -0.185. The van der Waals surface area contributed by atoms with Gasteiger partial charge in [0.1, 0.15) is 12.4 Å². The topological polar surface area (TPSA) is 61.9 Å². The summed E-state index contributed by atoms with van der Waals surface area (Å²) in [5.74, 6) is -1.17. The Morgan fingerprint density at radius 3 is 2.36 bits per heavy atom. The molecule has 1 N–H and O–H groups in total. The van der Waals surface area contributed by atoms with E-state index in [1.165, 1.54) is 4.90 Å². The highest BCUT2D eigenvalue weighted by atomic mass is 19.4. The zero-order valence-corrected chi connectivity index (χ0v) is 13.6. The van der Waals surface area contributed by atoms with Crippen LogP contribution in [0.15, 0.2) is 30.3 Å². The molecule has 0 aliphatic carbocycles. The average molecular weight is 359 g/mol. The quantitative estimate of drug-likeness (QED) is 0.835. The second-order valence-corrected chi connectivity index (χ2v) is 5.52. The first-order valence-electron chi connectivity index (χ1n) is 7.94. The summed E-state index contributed by atoms with van der Waals surface area (Å²) < 4.78 is 42.9. The fourth-order valence-corrected chi connectivity index (χ4v) is 2.46. The molecule has 2 rings (SSSR count). The fourth-order valence-electron chi connectivity index (χ4n) is 2.46. The number of hydrogen-bond acceptors (Lipinski definition) is 3. The van der Waals surface area contributed by atoms with Crippen LogP contribution in [0.25, 0.3) is 0 Å². The number of carbonyl (C=O) groups excluding carboxylic acids is 2. The molecular formula is C16H20F3N3O3. The minimum absolute atomic E-state index is 0.0146. The lowest BCUT2D eigenvalue weighted by atomic mass is 10.3. The van der Waals surface area contributed by atoms with Gasteiger partial charge in [-0.3, -0.25) is 4.79 Å². The summed E-state index contributed by atoms with van der Waals surface area (Å²) >= 11 is 0. The third kappa shape index (κ3) is 5.84. The number of benzene rings is 1. The minimum atomic E-state index is -4.88. The van der Waals surface area contributed by atoms with Crippen LogP contribution in [0.1, 0.15) is 6.42 Å². The zero-order chi connectivity index (χ0) is 18.3. The van der Waals surface area contributed by atoms with Crippen molar-refractivity contribution in [2.45, 2.75) is 12.6 Å². The van der Waals surface area contributed by atoms with E-state index in [-0.39, 0.29) is 38.8 Å². The summed E-state index contributed by atoms with van der Waals surface area (Å²) in [7, 11) is 0. The van der Waals surface area contributed by atoms with Crippen molar-refractivity contribution in [2.24, 2.45) is 0 Å². The number of nitrogens with one attached hydrogen (secondary N) is 1. The van der Waals surface area contributed by atoms with E-state index in [1.54, 1.807) is 12.1 Å². The highest BCUT2D eigenvalue weighted by molar-refractivity contribution is 5.82. The van der Waals surface area contributed by atoms with Gasteiger partial charge in [-0.2, -0.15) is 13.2 Å². The first-order valence-corrected chi connectivity index (χ1v) is 7.94. The number of hydrogen-bond donors (Lipinski definition) is 1. The standard InChI is InChI=1S/C16H20F3N3O3/c17-16(18,19)14(23)21-8-4-9-22(11-10-21)15(24)20-7-12-25-13-5-2-1-3-6-13/h1-3,5-6H,4,7-12H2,(H,20,24). The molecule has 1 heterocycles. The third-order valence-electron chi connectivity index (χ3n) is 3.70. The van der Waals surface area contributed by atoms with Gasteiger partial charge in [0.15, 0.2) is 0 Å². The maximum atomic E-state index is 12.5. The molecule has 9 heteroatoms. The smallest absolute Gasteiger partial charge is 0.471 e. The van der Waals surface area contributed by atoms with Gasteiger partial charge in [0.25, 0.3) is 0 Å². The Balaban J connectivity index is 1.72. The Hall–Kier alpha value is -2.45. The zero-order valence-electron chi connectivity index (χ0n) is 13.6. The molecule has 0 saturated carbocycles. The van der Waals surface area contributed by atoms with E-state index in [2.05, 4.69) is 5.32 Å². The number of ether oxygens (including phenoxy) is 1. The molecule has 6 nitrogen and oxygen atoms in total. The molecular weight excluding hydrogens is 339 g/mol. The first kappa shape index (κ1) is 18.9. The minimum Gasteiger partial charge on any atom is -0.492 e. The molecule has 1 aromatic rings. The summed E-state index contributed by atoms with van der Waals surface area (Å²) in [5, 5.41) is 2.66. The van der Waals surface area contributed by atoms with Crippen molar-refractivity contribution < 1.29 is 27.5 Å². The summed E-state index contributed by atoms with van der Waals surface area (Å²) in [6.07, 6.45) is -4.58. The highest BCUT2D eigenvalue weighted by Crippen LogP contribution is 2.19. The van der Waals surface area contributed by atoms with Crippen LogP contribution >= 0.6 is 0 Å². The van der Waals surface area contributed by atoms with Gasteiger partial charge in [0, 0.05) is 26.2 Å².